The minimum absolute atomic E-state index is 0.0207. The summed E-state index contributed by atoms with van der Waals surface area (Å²) in [5, 5.41) is 17.2. The van der Waals surface area contributed by atoms with Crippen LogP contribution in [0.25, 0.3) is 0 Å². The number of nitrogens with one attached hydrogen (secondary N) is 1. The molecule has 0 aromatic heterocycles. The zero-order valence-corrected chi connectivity index (χ0v) is 18.5. The number of fused-ring (bicyclic) bond motifs is 1. The van der Waals surface area contributed by atoms with Crippen molar-refractivity contribution in [2.24, 2.45) is 10.9 Å². The molecule has 12 heteroatoms. The van der Waals surface area contributed by atoms with Crippen LogP contribution in [0.4, 0.5) is 5.69 Å². The van der Waals surface area contributed by atoms with E-state index >= 15 is 0 Å². The van der Waals surface area contributed by atoms with Gasteiger partial charge in [0.15, 0.2) is 0 Å². The van der Waals surface area contributed by atoms with Crippen molar-refractivity contribution in [1.82, 2.24) is 4.90 Å². The van der Waals surface area contributed by atoms with Crippen molar-refractivity contribution < 1.29 is 27.9 Å². The summed E-state index contributed by atoms with van der Waals surface area (Å²) in [7, 11) is -4.12. The number of carboxylic acids is 1. The maximum Gasteiger partial charge on any atom is 0.326 e. The van der Waals surface area contributed by atoms with Gasteiger partial charge in [-0.2, -0.15) is 0 Å². The van der Waals surface area contributed by atoms with Crippen molar-refractivity contribution in [3.05, 3.63) is 58.1 Å². The summed E-state index contributed by atoms with van der Waals surface area (Å²) in [6.45, 7) is 1.50. The molecule has 2 atom stereocenters. The first-order chi connectivity index (χ1) is 14.9. The number of anilines is 1. The SMILES string of the molecule is C[C@H](N)C(=O)N1Cc2cc(NC(=O)c3ccc(Cl)c(S(N)(=O)=O)c3)ccc2CC1C(=O)O. The summed E-state index contributed by atoms with van der Waals surface area (Å²) in [4.78, 5) is 37.5. The number of carbonyl (C=O) groups excluding carboxylic acids is 2. The van der Waals surface area contributed by atoms with Gasteiger partial charge in [0.2, 0.25) is 15.9 Å². The predicted octanol–water partition coefficient (Wildman–Crippen LogP) is 0.925. The van der Waals surface area contributed by atoms with Crippen molar-refractivity contribution in [1.29, 1.82) is 0 Å². The van der Waals surface area contributed by atoms with Gasteiger partial charge in [-0.1, -0.05) is 17.7 Å². The van der Waals surface area contributed by atoms with Crippen molar-refractivity contribution in [3.63, 3.8) is 0 Å². The highest BCUT2D eigenvalue weighted by Crippen LogP contribution is 2.28. The molecule has 0 fully saturated rings. The predicted molar refractivity (Wildman–Crippen MR) is 117 cm³/mol. The molecule has 10 nitrogen and oxygen atoms in total. The van der Waals surface area contributed by atoms with E-state index in [9.17, 15) is 27.9 Å². The summed E-state index contributed by atoms with van der Waals surface area (Å²) in [5.41, 5.74) is 7.45. The lowest BCUT2D eigenvalue weighted by Gasteiger charge is -2.35. The van der Waals surface area contributed by atoms with Crippen LogP contribution in [0.1, 0.15) is 28.4 Å². The molecule has 1 aliphatic heterocycles. The first-order valence-corrected chi connectivity index (χ1v) is 11.3. The van der Waals surface area contributed by atoms with Crippen molar-refractivity contribution in [2.45, 2.75) is 36.9 Å². The standard InChI is InChI=1S/C20H21ClN4O6S/c1-10(22)19(27)25-9-13-6-14(4-2-11(13)7-16(25)20(28)29)24-18(26)12-3-5-15(21)17(8-12)32(23,30)31/h2-6,8,10,16H,7,9,22H2,1H3,(H,24,26)(H,28,29)(H2,23,30,31)/t10-,16?/m0/s1. The number of carboxylic acid groups (broad SMARTS) is 1. The first-order valence-electron chi connectivity index (χ1n) is 9.43. The number of sulfonamides is 1. The lowest BCUT2D eigenvalue weighted by atomic mass is 9.93. The molecule has 32 heavy (non-hydrogen) atoms. The van der Waals surface area contributed by atoms with Crippen LogP contribution in [0.5, 0.6) is 0 Å². The van der Waals surface area contributed by atoms with E-state index in [1.165, 1.54) is 24.0 Å². The molecule has 3 rings (SSSR count). The van der Waals surface area contributed by atoms with E-state index in [4.69, 9.17) is 22.5 Å². The second-order valence-corrected chi connectivity index (χ2v) is 9.38. The molecule has 2 aromatic carbocycles. The Labute approximate surface area is 189 Å². The Kier molecular flexibility index (Phi) is 6.56. The zero-order valence-electron chi connectivity index (χ0n) is 16.9. The van der Waals surface area contributed by atoms with E-state index in [-0.39, 0.29) is 28.4 Å². The van der Waals surface area contributed by atoms with Gasteiger partial charge in [0.1, 0.15) is 10.9 Å². The van der Waals surface area contributed by atoms with Gasteiger partial charge in [-0.3, -0.25) is 9.59 Å². The van der Waals surface area contributed by atoms with E-state index in [1.54, 1.807) is 18.2 Å². The van der Waals surface area contributed by atoms with Crippen molar-refractivity contribution >= 4 is 45.1 Å². The average Bonchev–Trinajstić information content (AvgIpc) is 2.71. The Balaban J connectivity index is 1.87. The molecular formula is C20H21ClN4O6S. The summed E-state index contributed by atoms with van der Waals surface area (Å²) >= 11 is 5.85. The topological polar surface area (TPSA) is 173 Å². The summed E-state index contributed by atoms with van der Waals surface area (Å²) in [6, 6.07) is 6.68. The molecule has 0 aliphatic carbocycles. The molecule has 2 amide bonds. The number of primary sulfonamides is 1. The summed E-state index contributed by atoms with van der Waals surface area (Å²) < 4.78 is 23.3. The first kappa shape index (κ1) is 23.7. The number of amides is 2. The van der Waals surface area contributed by atoms with Gasteiger partial charge in [-0.05, 0) is 48.4 Å². The fourth-order valence-electron chi connectivity index (χ4n) is 3.44. The smallest absolute Gasteiger partial charge is 0.326 e. The van der Waals surface area contributed by atoms with E-state index < -0.39 is 39.9 Å². The number of halogens is 1. The second kappa shape index (κ2) is 8.87. The second-order valence-electron chi connectivity index (χ2n) is 7.44. The van der Waals surface area contributed by atoms with Crippen molar-refractivity contribution in [3.8, 4) is 0 Å². The number of hydrogen-bond donors (Lipinski definition) is 4. The number of nitrogens with two attached hydrogens (primary N) is 2. The van der Waals surface area contributed by atoms with Gasteiger partial charge in [-0.15, -0.1) is 0 Å². The molecule has 0 saturated carbocycles. The maximum absolute atomic E-state index is 12.6. The molecular weight excluding hydrogens is 460 g/mol. The molecule has 0 radical (unpaired) electrons. The van der Waals surface area contributed by atoms with Crippen LogP contribution in [-0.4, -0.2) is 48.3 Å². The quantitative estimate of drug-likeness (QED) is 0.492. The number of nitrogens with zero attached hydrogens (tertiary/aromatic N) is 1. The van der Waals surface area contributed by atoms with Crippen LogP contribution >= 0.6 is 11.6 Å². The molecule has 0 bridgehead atoms. The number of carbonyl (C=O) groups is 3. The molecule has 0 saturated heterocycles. The molecule has 2 aromatic rings. The van der Waals surface area contributed by atoms with Gasteiger partial charge in [-0.25, -0.2) is 18.4 Å². The molecule has 1 heterocycles. The molecule has 1 unspecified atom stereocenters. The van der Waals surface area contributed by atoms with E-state index in [2.05, 4.69) is 5.32 Å². The summed E-state index contributed by atoms with van der Waals surface area (Å²) in [6.07, 6.45) is 0.103. The molecule has 170 valence electrons. The van der Waals surface area contributed by atoms with Crippen LogP contribution in [0, 0.1) is 0 Å². The highest BCUT2D eigenvalue weighted by Gasteiger charge is 2.35. The van der Waals surface area contributed by atoms with E-state index in [0.717, 1.165) is 11.6 Å². The third-order valence-corrected chi connectivity index (χ3v) is 6.44. The fraction of sp³-hybridized carbons (Fsp3) is 0.250. The van der Waals surface area contributed by atoms with Gasteiger partial charge in [0.05, 0.1) is 11.1 Å². The van der Waals surface area contributed by atoms with Crippen LogP contribution in [0.15, 0.2) is 41.3 Å². The van der Waals surface area contributed by atoms with Gasteiger partial charge < -0.3 is 21.1 Å². The van der Waals surface area contributed by atoms with Gasteiger partial charge >= 0.3 is 5.97 Å². The Morgan fingerprint density at radius 3 is 2.47 bits per heavy atom. The lowest BCUT2D eigenvalue weighted by molar-refractivity contribution is -0.151. The minimum atomic E-state index is -4.12. The number of hydrogen-bond acceptors (Lipinski definition) is 6. The molecule has 1 aliphatic rings. The Hall–Kier alpha value is -2.99. The number of rotatable bonds is 5. The average molecular weight is 481 g/mol. The maximum atomic E-state index is 12.6. The number of benzene rings is 2. The Morgan fingerprint density at radius 1 is 1.19 bits per heavy atom. The van der Waals surface area contributed by atoms with Gasteiger partial charge in [0.25, 0.3) is 5.91 Å². The third kappa shape index (κ3) is 4.91. The number of aliphatic carboxylic acids is 1. The Morgan fingerprint density at radius 2 is 1.88 bits per heavy atom. The third-order valence-electron chi connectivity index (χ3n) is 5.05. The summed E-state index contributed by atoms with van der Waals surface area (Å²) in [5.74, 6) is -2.22. The fourth-order valence-corrected chi connectivity index (χ4v) is 4.51. The van der Waals surface area contributed by atoms with Crippen LogP contribution in [0.2, 0.25) is 5.02 Å². The van der Waals surface area contributed by atoms with Crippen molar-refractivity contribution in [2.75, 3.05) is 5.32 Å². The zero-order chi connectivity index (χ0) is 23.8. The monoisotopic (exact) mass is 480 g/mol. The minimum Gasteiger partial charge on any atom is -0.480 e. The lowest BCUT2D eigenvalue weighted by Crippen LogP contribution is -2.53. The molecule has 6 N–H and O–H groups in total. The normalized spacial score (nSPS) is 16.8. The van der Waals surface area contributed by atoms with E-state index in [1.807, 2.05) is 0 Å². The van der Waals surface area contributed by atoms with E-state index in [0.29, 0.717) is 11.3 Å². The Bertz CT molecular complexity index is 1210. The molecule has 0 spiro atoms. The highest BCUT2D eigenvalue weighted by atomic mass is 35.5. The highest BCUT2D eigenvalue weighted by molar-refractivity contribution is 7.89. The largest absolute Gasteiger partial charge is 0.480 e. The van der Waals surface area contributed by atoms with Gasteiger partial charge in [0, 0.05) is 24.2 Å². The van der Waals surface area contributed by atoms with Crippen LogP contribution in [-0.2, 0) is 32.6 Å². The van der Waals surface area contributed by atoms with Crippen LogP contribution in [0.3, 0.4) is 0 Å². The van der Waals surface area contributed by atoms with Crippen LogP contribution < -0.4 is 16.2 Å².